The van der Waals surface area contributed by atoms with Crippen LogP contribution in [0.2, 0.25) is 0 Å². The molecular weight excluding hydrogens is 139 g/mol. The minimum Gasteiger partial charge on any atom is -0.506 e. The van der Waals surface area contributed by atoms with Gasteiger partial charge in [-0.25, -0.2) is 0 Å². The van der Waals surface area contributed by atoms with Crippen molar-refractivity contribution in [3.05, 3.63) is 0 Å². The molecule has 0 N–H and O–H groups in total. The van der Waals surface area contributed by atoms with E-state index in [1.54, 1.807) is 0 Å². The van der Waals surface area contributed by atoms with Gasteiger partial charge in [0.2, 0.25) is 0 Å². The van der Waals surface area contributed by atoms with Crippen LogP contribution in [-0.2, 0) is 3.79 Å². The Labute approximate surface area is 72.9 Å². The zero-order valence-corrected chi connectivity index (χ0v) is 9.52. The molecule has 1 unspecified atom stereocenters. The Hall–Kier alpha value is 0.492. The molecule has 10 heavy (non-hydrogen) atoms. The van der Waals surface area contributed by atoms with E-state index >= 15 is 0 Å². The van der Waals surface area contributed by atoms with Crippen LogP contribution in [0.15, 0.2) is 0 Å². The van der Waals surface area contributed by atoms with Gasteiger partial charge in [-0.3, -0.25) is 0 Å². The Balaban J connectivity index is 3.21. The van der Waals surface area contributed by atoms with E-state index in [-0.39, 0.29) is 0 Å². The van der Waals surface area contributed by atoms with Crippen molar-refractivity contribution >= 4 is 16.6 Å². The molecule has 0 aliphatic carbocycles. The van der Waals surface area contributed by atoms with Gasteiger partial charge in [0.15, 0.2) is 0 Å². The monoisotopic (exact) mass is 158 g/mol. The highest BCUT2D eigenvalue weighted by Gasteiger charge is 2.02. The lowest BCUT2D eigenvalue weighted by molar-refractivity contribution is 0.251. The SMILES string of the molecule is CCCCC(CC)C[O][AlH2]. The fourth-order valence-corrected chi connectivity index (χ4v) is 1.61. The van der Waals surface area contributed by atoms with Gasteiger partial charge >= 0.3 is 16.6 Å². The van der Waals surface area contributed by atoms with Gasteiger partial charge in [-0.2, -0.15) is 0 Å². The Morgan fingerprint density at radius 1 is 1.40 bits per heavy atom. The van der Waals surface area contributed by atoms with E-state index in [9.17, 15) is 0 Å². The third-order valence-corrected chi connectivity index (χ3v) is 2.28. The minimum absolute atomic E-state index is 0.831. The van der Waals surface area contributed by atoms with Gasteiger partial charge in [0.05, 0.1) is 0 Å². The van der Waals surface area contributed by atoms with Gasteiger partial charge in [-0.1, -0.05) is 33.1 Å². The normalized spacial score (nSPS) is 13.4. The van der Waals surface area contributed by atoms with Crippen LogP contribution in [0.4, 0.5) is 0 Å². The predicted molar refractivity (Wildman–Crippen MR) is 47.8 cm³/mol. The summed E-state index contributed by atoms with van der Waals surface area (Å²) in [5.41, 5.74) is 0. The smallest absolute Gasteiger partial charge is 0.410 e. The second-order valence-corrected chi connectivity index (χ2v) is 3.45. The van der Waals surface area contributed by atoms with Gasteiger partial charge in [0.1, 0.15) is 0 Å². The molecule has 0 aliphatic heterocycles. The highest BCUT2D eigenvalue weighted by molar-refractivity contribution is 5.97. The minimum atomic E-state index is 0.831. The summed E-state index contributed by atoms with van der Waals surface area (Å²) >= 11 is 0.900. The molecule has 0 aromatic rings. The maximum absolute atomic E-state index is 5.23. The van der Waals surface area contributed by atoms with Crippen LogP contribution in [-0.4, -0.2) is 23.2 Å². The number of rotatable bonds is 6. The summed E-state index contributed by atoms with van der Waals surface area (Å²) in [5, 5.41) is 0. The number of hydrogen-bond acceptors (Lipinski definition) is 1. The van der Waals surface area contributed by atoms with Crippen molar-refractivity contribution in [3.8, 4) is 0 Å². The quantitative estimate of drug-likeness (QED) is 0.535. The van der Waals surface area contributed by atoms with Crippen molar-refractivity contribution in [2.24, 2.45) is 5.92 Å². The van der Waals surface area contributed by atoms with Gasteiger partial charge in [0.25, 0.3) is 0 Å². The lowest BCUT2D eigenvalue weighted by Crippen LogP contribution is -2.06. The zero-order chi connectivity index (χ0) is 7.82. The van der Waals surface area contributed by atoms with Crippen LogP contribution in [0.25, 0.3) is 0 Å². The van der Waals surface area contributed by atoms with E-state index in [4.69, 9.17) is 3.79 Å². The second kappa shape index (κ2) is 7.60. The van der Waals surface area contributed by atoms with Crippen LogP contribution in [0.1, 0.15) is 39.5 Å². The van der Waals surface area contributed by atoms with Crippen molar-refractivity contribution in [2.75, 3.05) is 6.61 Å². The Kier molecular flexibility index (Phi) is 7.97. The summed E-state index contributed by atoms with van der Waals surface area (Å²) in [4.78, 5) is 0. The zero-order valence-electron chi connectivity index (χ0n) is 7.52. The van der Waals surface area contributed by atoms with E-state index in [1.807, 2.05) is 0 Å². The molecule has 0 heterocycles. The fourth-order valence-electron chi connectivity index (χ4n) is 1.13. The number of hydrogen-bond donors (Lipinski definition) is 0. The maximum atomic E-state index is 5.23. The molecule has 1 atom stereocenters. The molecule has 2 heteroatoms. The largest absolute Gasteiger partial charge is 0.506 e. The van der Waals surface area contributed by atoms with Crippen LogP contribution < -0.4 is 0 Å². The number of unbranched alkanes of at least 4 members (excludes halogenated alkanes) is 1. The van der Waals surface area contributed by atoms with Crippen molar-refractivity contribution < 1.29 is 3.79 Å². The van der Waals surface area contributed by atoms with Crippen LogP contribution in [0.5, 0.6) is 0 Å². The summed E-state index contributed by atoms with van der Waals surface area (Å²) in [6.45, 7) is 5.50. The van der Waals surface area contributed by atoms with Crippen LogP contribution in [0, 0.1) is 5.92 Å². The average molecular weight is 158 g/mol. The van der Waals surface area contributed by atoms with Gasteiger partial charge in [-0.15, -0.1) is 0 Å². The molecule has 1 nitrogen and oxygen atoms in total. The topological polar surface area (TPSA) is 9.23 Å². The van der Waals surface area contributed by atoms with Crippen molar-refractivity contribution in [3.63, 3.8) is 0 Å². The Bertz CT molecular complexity index is 66.3. The third-order valence-electron chi connectivity index (χ3n) is 1.95. The molecule has 0 amide bonds. The highest BCUT2D eigenvalue weighted by atomic mass is 27.1. The molecule has 0 bridgehead atoms. The average Bonchev–Trinajstić information content (AvgIpc) is 1.98. The molecule has 0 aromatic heterocycles. The third kappa shape index (κ3) is 5.29. The summed E-state index contributed by atoms with van der Waals surface area (Å²) in [6, 6.07) is 0. The summed E-state index contributed by atoms with van der Waals surface area (Å²) in [5.74, 6) is 0.831. The highest BCUT2D eigenvalue weighted by Crippen LogP contribution is 2.11. The standard InChI is InChI=1S/C8H17O.Al.2H/c1-3-5-6-8(4-2)7-9;;;/h8H,3-7H2,1-2H3;;;/q-1;+1;;. The van der Waals surface area contributed by atoms with E-state index in [0.717, 1.165) is 29.1 Å². The van der Waals surface area contributed by atoms with Crippen molar-refractivity contribution in [1.29, 1.82) is 0 Å². The predicted octanol–water partition coefficient (Wildman–Crippen LogP) is 1.77. The Morgan fingerprint density at radius 3 is 2.50 bits per heavy atom. The first-order valence-electron chi connectivity index (χ1n) is 4.34. The van der Waals surface area contributed by atoms with Crippen molar-refractivity contribution in [1.82, 2.24) is 0 Å². The lowest BCUT2D eigenvalue weighted by Gasteiger charge is -2.13. The Morgan fingerprint density at radius 2 is 2.10 bits per heavy atom. The second-order valence-electron chi connectivity index (χ2n) is 2.87. The lowest BCUT2D eigenvalue weighted by atomic mass is 10.0. The molecule has 0 saturated carbocycles. The van der Waals surface area contributed by atoms with Crippen LogP contribution >= 0.6 is 0 Å². The fraction of sp³-hybridized carbons (Fsp3) is 1.00. The molecule has 60 valence electrons. The summed E-state index contributed by atoms with van der Waals surface area (Å²) < 4.78 is 5.23. The van der Waals surface area contributed by atoms with Gasteiger partial charge in [-0.05, 0) is 12.3 Å². The molecule has 0 spiro atoms. The van der Waals surface area contributed by atoms with Gasteiger partial charge < -0.3 is 3.79 Å². The van der Waals surface area contributed by atoms with Crippen LogP contribution in [0.3, 0.4) is 0 Å². The van der Waals surface area contributed by atoms with E-state index in [0.29, 0.717) is 0 Å². The first-order chi connectivity index (χ1) is 4.85. The summed E-state index contributed by atoms with van der Waals surface area (Å²) in [7, 11) is 0. The molecular formula is C8H19AlO. The van der Waals surface area contributed by atoms with E-state index in [2.05, 4.69) is 13.8 Å². The molecule has 0 radical (unpaired) electrons. The van der Waals surface area contributed by atoms with Gasteiger partial charge in [0, 0.05) is 6.61 Å². The first-order valence-corrected chi connectivity index (χ1v) is 5.15. The molecule has 0 saturated heterocycles. The van der Waals surface area contributed by atoms with E-state index < -0.39 is 0 Å². The molecule has 0 aliphatic rings. The first kappa shape index (κ1) is 10.5. The molecule has 0 rings (SSSR count). The summed E-state index contributed by atoms with van der Waals surface area (Å²) in [6.07, 6.45) is 5.32. The molecule has 0 aromatic carbocycles. The maximum Gasteiger partial charge on any atom is 0.410 e. The van der Waals surface area contributed by atoms with E-state index in [1.165, 1.54) is 25.7 Å². The van der Waals surface area contributed by atoms with Crippen molar-refractivity contribution in [2.45, 2.75) is 39.5 Å². The molecule has 0 fully saturated rings.